The molecule has 1 aromatic rings. The molecule has 9 nitrogen and oxygen atoms in total. The molecule has 10 heteroatoms. The first-order chi connectivity index (χ1) is 12.1. The first-order valence-corrected chi connectivity index (χ1v) is 8.36. The molecule has 1 atom stereocenters. The number of ether oxygens (including phenoxy) is 1. The number of aromatic carboxylic acids is 1. The second kappa shape index (κ2) is 8.23. The number of nitrogens with two attached hydrogens (primary N) is 1. The lowest BCUT2D eigenvalue weighted by Crippen LogP contribution is -2.61. The minimum Gasteiger partial charge on any atom is -0.507 e. The van der Waals surface area contributed by atoms with E-state index in [-0.39, 0.29) is 36.8 Å². The average molecular weight is 368 g/mol. The van der Waals surface area contributed by atoms with Crippen LogP contribution >= 0.6 is 0 Å². The summed E-state index contributed by atoms with van der Waals surface area (Å²) in [6.45, 7) is 3.15. The van der Waals surface area contributed by atoms with Crippen molar-refractivity contribution in [3.05, 3.63) is 23.3 Å². The van der Waals surface area contributed by atoms with E-state index in [0.717, 1.165) is 0 Å². The number of carbonyl (C=O) groups is 1. The van der Waals surface area contributed by atoms with Crippen LogP contribution in [-0.4, -0.2) is 81.2 Å². The number of aliphatic hydroxyl groups is 1. The first kappa shape index (κ1) is 20.5. The number of aliphatic hydroxyl groups excluding tert-OH is 1. The standard InChI is InChI=1S/C16H25BN2O7/c1-16(18,9-20)8-19-6-11(7-19)26-12-3-2-10(4-5-17(24)25)14(21)13(12)15(22)23/h2-3,11,20-21,24-25H,4-9,18H2,1H3,(H,22,23). The zero-order valence-electron chi connectivity index (χ0n) is 14.6. The molecule has 7 N–H and O–H groups in total. The predicted molar refractivity (Wildman–Crippen MR) is 94.3 cm³/mol. The lowest BCUT2D eigenvalue weighted by atomic mass is 9.82. The zero-order chi connectivity index (χ0) is 19.5. The van der Waals surface area contributed by atoms with E-state index in [4.69, 9.17) is 20.5 Å². The van der Waals surface area contributed by atoms with Gasteiger partial charge in [0.25, 0.3) is 0 Å². The Morgan fingerprint density at radius 1 is 1.42 bits per heavy atom. The molecule has 1 heterocycles. The summed E-state index contributed by atoms with van der Waals surface area (Å²) < 4.78 is 5.70. The van der Waals surface area contributed by atoms with Gasteiger partial charge in [0.1, 0.15) is 23.2 Å². The third-order valence-corrected chi connectivity index (χ3v) is 4.27. The highest BCUT2D eigenvalue weighted by Crippen LogP contribution is 2.34. The van der Waals surface area contributed by atoms with Gasteiger partial charge in [-0.3, -0.25) is 4.90 Å². The number of likely N-dealkylation sites (tertiary alicyclic amines) is 1. The first-order valence-electron chi connectivity index (χ1n) is 8.36. The van der Waals surface area contributed by atoms with Crippen LogP contribution in [0.2, 0.25) is 6.32 Å². The quantitative estimate of drug-likeness (QED) is 0.297. The minimum atomic E-state index is -1.54. The Labute approximate surface area is 151 Å². The van der Waals surface area contributed by atoms with Gasteiger partial charge >= 0.3 is 13.1 Å². The van der Waals surface area contributed by atoms with Crippen LogP contribution in [0.5, 0.6) is 11.5 Å². The van der Waals surface area contributed by atoms with Crippen molar-refractivity contribution in [2.24, 2.45) is 5.73 Å². The second-order valence-electron chi connectivity index (χ2n) is 7.02. The molecule has 1 aliphatic heterocycles. The van der Waals surface area contributed by atoms with Gasteiger partial charge in [0.05, 0.1) is 6.61 Å². The number of aryl methyl sites for hydroxylation is 1. The molecular weight excluding hydrogens is 343 g/mol. The normalized spacial score (nSPS) is 17.4. The molecule has 0 aromatic heterocycles. The Kier molecular flexibility index (Phi) is 6.48. The largest absolute Gasteiger partial charge is 0.507 e. The number of hydrogen-bond donors (Lipinski definition) is 6. The summed E-state index contributed by atoms with van der Waals surface area (Å²) in [6, 6.07) is 2.98. The molecule has 0 amide bonds. The summed E-state index contributed by atoms with van der Waals surface area (Å²) in [5.74, 6) is -1.69. The highest BCUT2D eigenvalue weighted by molar-refractivity contribution is 6.41. The van der Waals surface area contributed by atoms with Gasteiger partial charge in [0.15, 0.2) is 0 Å². The van der Waals surface area contributed by atoms with Crippen LogP contribution in [0.3, 0.4) is 0 Å². The van der Waals surface area contributed by atoms with Gasteiger partial charge in [-0.15, -0.1) is 0 Å². The Morgan fingerprint density at radius 2 is 2.08 bits per heavy atom. The van der Waals surface area contributed by atoms with Crippen molar-refractivity contribution in [1.82, 2.24) is 4.90 Å². The maximum absolute atomic E-state index is 11.5. The highest BCUT2D eigenvalue weighted by Gasteiger charge is 2.34. The number of carboxylic acids is 1. The van der Waals surface area contributed by atoms with Crippen LogP contribution in [0.25, 0.3) is 0 Å². The summed E-state index contributed by atoms with van der Waals surface area (Å²) in [7, 11) is -1.54. The number of aromatic hydroxyl groups is 1. The van der Waals surface area contributed by atoms with Crippen molar-refractivity contribution in [1.29, 1.82) is 0 Å². The second-order valence-corrected chi connectivity index (χ2v) is 7.02. The Balaban J connectivity index is 2.04. The Bertz CT molecular complexity index is 648. The fraction of sp³-hybridized carbons (Fsp3) is 0.562. The van der Waals surface area contributed by atoms with E-state index in [1.807, 2.05) is 4.90 Å². The molecule has 1 unspecified atom stereocenters. The molecule has 144 valence electrons. The van der Waals surface area contributed by atoms with E-state index in [1.165, 1.54) is 12.1 Å². The third-order valence-electron chi connectivity index (χ3n) is 4.27. The lowest BCUT2D eigenvalue weighted by molar-refractivity contribution is 0.000452. The van der Waals surface area contributed by atoms with E-state index >= 15 is 0 Å². The summed E-state index contributed by atoms with van der Waals surface area (Å²) in [4.78, 5) is 13.5. The lowest BCUT2D eigenvalue weighted by Gasteiger charge is -2.42. The topological polar surface area (TPSA) is 157 Å². The molecule has 0 radical (unpaired) electrons. The Hall–Kier alpha value is -1.85. The number of nitrogens with zero attached hydrogens (tertiary/aromatic N) is 1. The predicted octanol–water partition coefficient (Wildman–Crippen LogP) is -1.12. The van der Waals surface area contributed by atoms with E-state index < -0.39 is 24.4 Å². The molecule has 0 aliphatic carbocycles. The fourth-order valence-electron chi connectivity index (χ4n) is 2.87. The van der Waals surface area contributed by atoms with Gasteiger partial charge in [0.2, 0.25) is 0 Å². The van der Waals surface area contributed by atoms with E-state index in [9.17, 15) is 20.1 Å². The zero-order valence-corrected chi connectivity index (χ0v) is 14.6. The molecule has 1 aromatic carbocycles. The van der Waals surface area contributed by atoms with Crippen LogP contribution in [0, 0.1) is 0 Å². The van der Waals surface area contributed by atoms with Gasteiger partial charge in [-0.05, 0) is 31.3 Å². The van der Waals surface area contributed by atoms with Crippen LogP contribution in [0.15, 0.2) is 12.1 Å². The molecule has 1 fully saturated rings. The van der Waals surface area contributed by atoms with Crippen molar-refractivity contribution in [3.63, 3.8) is 0 Å². The number of carboxylic acid groups (broad SMARTS) is 1. The average Bonchev–Trinajstić information content (AvgIpc) is 2.51. The van der Waals surface area contributed by atoms with E-state index in [2.05, 4.69) is 0 Å². The SMILES string of the molecule is CC(N)(CO)CN1CC(Oc2ccc(CCB(O)O)c(O)c2C(=O)O)C1. The number of benzene rings is 1. The summed E-state index contributed by atoms with van der Waals surface area (Å²) >= 11 is 0. The third kappa shape index (κ3) is 5.09. The molecule has 2 rings (SSSR count). The van der Waals surface area contributed by atoms with Crippen LogP contribution in [0.1, 0.15) is 22.8 Å². The van der Waals surface area contributed by atoms with Crippen molar-refractivity contribution in [2.75, 3.05) is 26.2 Å². The molecule has 26 heavy (non-hydrogen) atoms. The fourth-order valence-corrected chi connectivity index (χ4v) is 2.87. The van der Waals surface area contributed by atoms with E-state index in [0.29, 0.717) is 25.2 Å². The smallest absolute Gasteiger partial charge is 0.451 e. The maximum Gasteiger partial charge on any atom is 0.451 e. The van der Waals surface area contributed by atoms with Crippen molar-refractivity contribution < 1.29 is 34.9 Å². The Morgan fingerprint density at radius 3 is 2.62 bits per heavy atom. The highest BCUT2D eigenvalue weighted by atomic mass is 16.5. The number of hydrogen-bond acceptors (Lipinski definition) is 8. The van der Waals surface area contributed by atoms with Gasteiger partial charge in [0, 0.05) is 25.2 Å². The molecule has 0 saturated carbocycles. The maximum atomic E-state index is 11.5. The molecule has 0 spiro atoms. The van der Waals surface area contributed by atoms with Crippen molar-refractivity contribution in [3.8, 4) is 11.5 Å². The van der Waals surface area contributed by atoms with Crippen LogP contribution in [0.4, 0.5) is 0 Å². The molecule has 0 bridgehead atoms. The number of rotatable bonds is 9. The monoisotopic (exact) mass is 368 g/mol. The van der Waals surface area contributed by atoms with Gasteiger partial charge in [-0.1, -0.05) is 6.07 Å². The van der Waals surface area contributed by atoms with Crippen molar-refractivity contribution in [2.45, 2.75) is 31.3 Å². The minimum absolute atomic E-state index is 0.0207. The summed E-state index contributed by atoms with van der Waals surface area (Å²) in [5.41, 5.74) is 5.15. The molecule has 1 aliphatic rings. The van der Waals surface area contributed by atoms with E-state index in [1.54, 1.807) is 6.92 Å². The van der Waals surface area contributed by atoms with Gasteiger partial charge in [-0.2, -0.15) is 0 Å². The summed E-state index contributed by atoms with van der Waals surface area (Å²) in [6.07, 6.45) is -0.142. The van der Waals surface area contributed by atoms with Gasteiger partial charge in [-0.25, -0.2) is 4.79 Å². The van der Waals surface area contributed by atoms with Crippen LogP contribution in [-0.2, 0) is 6.42 Å². The van der Waals surface area contributed by atoms with Crippen molar-refractivity contribution >= 4 is 13.1 Å². The number of phenols is 1. The van der Waals surface area contributed by atoms with Crippen LogP contribution < -0.4 is 10.5 Å². The molecular formula is C16H25BN2O7. The molecule has 1 saturated heterocycles. The summed E-state index contributed by atoms with van der Waals surface area (Å²) in [5, 5.41) is 46.6. The van der Waals surface area contributed by atoms with Gasteiger partial charge < -0.3 is 35.8 Å².